The summed E-state index contributed by atoms with van der Waals surface area (Å²) in [5.74, 6) is -2.69. The number of halogens is 1. The third-order valence-corrected chi connectivity index (χ3v) is 4.08. The van der Waals surface area contributed by atoms with Gasteiger partial charge in [-0.2, -0.15) is 0 Å². The molecule has 10 nitrogen and oxygen atoms in total. The zero-order valence-electron chi connectivity index (χ0n) is 17.1. The molecule has 0 aromatic heterocycles. The highest BCUT2D eigenvalue weighted by Crippen LogP contribution is 2.14. The Morgan fingerprint density at radius 1 is 0.781 bits per heavy atom. The molecule has 2 aromatic carbocycles. The molecule has 0 unspecified atom stereocenters. The smallest absolute Gasteiger partial charge is 0.306 e. The second-order valence-corrected chi connectivity index (χ2v) is 6.91. The Hall–Kier alpha value is -3.92. The third kappa shape index (κ3) is 8.84. The number of nitrogens with one attached hydrogen (secondary N) is 4. The number of benzene rings is 2. The average Bonchev–Trinajstić information content (AvgIpc) is 2.76. The number of hydrogen-bond donors (Lipinski definition) is 4. The summed E-state index contributed by atoms with van der Waals surface area (Å²) in [6.45, 7) is 0.766. The van der Waals surface area contributed by atoms with Crippen LogP contribution in [0.2, 0.25) is 5.02 Å². The molecule has 4 N–H and O–H groups in total. The molecule has 32 heavy (non-hydrogen) atoms. The highest BCUT2D eigenvalue weighted by atomic mass is 35.5. The van der Waals surface area contributed by atoms with E-state index in [4.69, 9.17) is 16.3 Å². The van der Waals surface area contributed by atoms with Crippen LogP contribution in [0.5, 0.6) is 0 Å². The molecule has 0 bridgehead atoms. The van der Waals surface area contributed by atoms with Crippen LogP contribution < -0.4 is 21.5 Å². The minimum absolute atomic E-state index is 0.152. The molecule has 0 heterocycles. The third-order valence-electron chi connectivity index (χ3n) is 3.83. The highest BCUT2D eigenvalue weighted by molar-refractivity contribution is 6.30. The molecule has 2 rings (SSSR count). The van der Waals surface area contributed by atoms with Gasteiger partial charge in [0.2, 0.25) is 11.8 Å². The summed E-state index contributed by atoms with van der Waals surface area (Å²) in [6.07, 6.45) is -0.387. The van der Waals surface area contributed by atoms with Crippen molar-refractivity contribution in [3.8, 4) is 0 Å². The van der Waals surface area contributed by atoms with E-state index in [9.17, 15) is 24.0 Å². The molecule has 0 radical (unpaired) electrons. The maximum atomic E-state index is 11.9. The SMILES string of the molecule is CC(=O)Nc1ccc(NC(=O)CCC(=O)OCC(=O)NNC(=O)c2ccc(Cl)cc2)cc1. The lowest BCUT2D eigenvalue weighted by atomic mass is 10.2. The van der Waals surface area contributed by atoms with Gasteiger partial charge in [0.05, 0.1) is 6.42 Å². The molecule has 0 spiro atoms. The fraction of sp³-hybridized carbons (Fsp3) is 0.190. The van der Waals surface area contributed by atoms with E-state index in [1.165, 1.54) is 31.2 Å². The minimum atomic E-state index is -0.750. The number of hydrogen-bond acceptors (Lipinski definition) is 6. The number of esters is 1. The van der Waals surface area contributed by atoms with E-state index in [-0.39, 0.29) is 24.3 Å². The maximum absolute atomic E-state index is 11.9. The first-order valence-electron chi connectivity index (χ1n) is 9.41. The van der Waals surface area contributed by atoms with Gasteiger partial charge in [0.15, 0.2) is 6.61 Å². The maximum Gasteiger partial charge on any atom is 0.306 e. The first-order valence-corrected chi connectivity index (χ1v) is 9.78. The van der Waals surface area contributed by atoms with E-state index in [2.05, 4.69) is 21.5 Å². The molecule has 0 atom stereocenters. The van der Waals surface area contributed by atoms with Crippen LogP contribution in [0, 0.1) is 0 Å². The van der Waals surface area contributed by atoms with Crippen molar-refractivity contribution in [1.29, 1.82) is 0 Å². The summed E-state index contributed by atoms with van der Waals surface area (Å²) in [7, 11) is 0. The molecule has 4 amide bonds. The van der Waals surface area contributed by atoms with E-state index in [1.807, 2.05) is 0 Å². The first kappa shape index (κ1) is 24.4. The van der Waals surface area contributed by atoms with Crippen LogP contribution in [-0.2, 0) is 23.9 Å². The molecular weight excluding hydrogens is 440 g/mol. The molecule has 0 aliphatic heterocycles. The number of amides is 4. The van der Waals surface area contributed by atoms with Crippen molar-refractivity contribution < 1.29 is 28.7 Å². The van der Waals surface area contributed by atoms with Crippen molar-refractivity contribution in [2.24, 2.45) is 0 Å². The van der Waals surface area contributed by atoms with Gasteiger partial charge in [-0.3, -0.25) is 34.8 Å². The predicted octanol–water partition coefficient (Wildman–Crippen LogP) is 2.02. The van der Waals surface area contributed by atoms with E-state index in [0.29, 0.717) is 16.4 Å². The Bertz CT molecular complexity index is 992. The van der Waals surface area contributed by atoms with Gasteiger partial charge in [-0.1, -0.05) is 11.6 Å². The van der Waals surface area contributed by atoms with E-state index in [0.717, 1.165) is 0 Å². The van der Waals surface area contributed by atoms with E-state index >= 15 is 0 Å². The Morgan fingerprint density at radius 3 is 1.97 bits per heavy atom. The van der Waals surface area contributed by atoms with Crippen LogP contribution >= 0.6 is 11.6 Å². The fourth-order valence-corrected chi connectivity index (χ4v) is 2.46. The number of hydrazine groups is 1. The minimum Gasteiger partial charge on any atom is -0.455 e. The monoisotopic (exact) mass is 460 g/mol. The summed E-state index contributed by atoms with van der Waals surface area (Å²) in [6, 6.07) is 12.5. The van der Waals surface area contributed by atoms with Crippen molar-refractivity contribution in [3.63, 3.8) is 0 Å². The van der Waals surface area contributed by atoms with Crippen molar-refractivity contribution >= 4 is 52.6 Å². The van der Waals surface area contributed by atoms with E-state index < -0.39 is 30.3 Å². The summed E-state index contributed by atoms with van der Waals surface area (Å²) >= 11 is 5.73. The quantitative estimate of drug-likeness (QED) is 0.350. The van der Waals surface area contributed by atoms with Gasteiger partial charge in [0.1, 0.15) is 0 Å². The lowest BCUT2D eigenvalue weighted by Crippen LogP contribution is -2.43. The summed E-state index contributed by atoms with van der Waals surface area (Å²) < 4.78 is 4.77. The van der Waals surface area contributed by atoms with Gasteiger partial charge < -0.3 is 15.4 Å². The molecule has 0 saturated heterocycles. The van der Waals surface area contributed by atoms with Gasteiger partial charge in [-0.15, -0.1) is 0 Å². The van der Waals surface area contributed by atoms with Gasteiger partial charge in [-0.25, -0.2) is 0 Å². The number of ether oxygens (including phenoxy) is 1. The molecule has 0 aliphatic rings. The molecular formula is C21H21ClN4O6. The normalized spacial score (nSPS) is 9.94. The largest absolute Gasteiger partial charge is 0.455 e. The van der Waals surface area contributed by atoms with Crippen LogP contribution in [-0.4, -0.2) is 36.2 Å². The molecule has 2 aromatic rings. The van der Waals surface area contributed by atoms with Crippen LogP contribution in [0.1, 0.15) is 30.1 Å². The van der Waals surface area contributed by atoms with Crippen LogP contribution in [0.3, 0.4) is 0 Å². The second-order valence-electron chi connectivity index (χ2n) is 6.48. The molecule has 0 aliphatic carbocycles. The van der Waals surface area contributed by atoms with Crippen molar-refractivity contribution in [2.45, 2.75) is 19.8 Å². The Labute approximate surface area is 188 Å². The molecule has 0 fully saturated rings. The standard InChI is InChI=1S/C21H21ClN4O6/c1-13(27)23-16-6-8-17(9-7-16)24-18(28)10-11-20(30)32-12-19(29)25-26-21(31)14-2-4-15(22)5-3-14/h2-9H,10-12H2,1H3,(H,23,27)(H,24,28)(H,25,29)(H,26,31). The number of carbonyl (C=O) groups excluding carboxylic acids is 5. The number of carbonyl (C=O) groups is 5. The first-order chi connectivity index (χ1) is 15.2. The van der Waals surface area contributed by atoms with Crippen molar-refractivity contribution in [2.75, 3.05) is 17.2 Å². The topological polar surface area (TPSA) is 143 Å². The molecule has 168 valence electrons. The van der Waals surface area contributed by atoms with Gasteiger partial charge in [0, 0.05) is 35.3 Å². The lowest BCUT2D eigenvalue weighted by Gasteiger charge is -2.09. The summed E-state index contributed by atoms with van der Waals surface area (Å²) in [5.41, 5.74) is 5.64. The van der Waals surface area contributed by atoms with Crippen molar-refractivity contribution in [3.05, 3.63) is 59.1 Å². The van der Waals surface area contributed by atoms with Gasteiger partial charge >= 0.3 is 5.97 Å². The van der Waals surface area contributed by atoms with Gasteiger partial charge in [0.25, 0.3) is 11.8 Å². The number of rotatable bonds is 8. The zero-order chi connectivity index (χ0) is 23.5. The predicted molar refractivity (Wildman–Crippen MR) is 117 cm³/mol. The Kier molecular flexibility index (Phi) is 9.18. The Morgan fingerprint density at radius 2 is 1.38 bits per heavy atom. The van der Waals surface area contributed by atoms with Crippen molar-refractivity contribution in [1.82, 2.24) is 10.9 Å². The molecule has 0 saturated carbocycles. The molecule has 11 heteroatoms. The summed E-state index contributed by atoms with van der Waals surface area (Å²) in [4.78, 5) is 58.2. The number of anilines is 2. The fourth-order valence-electron chi connectivity index (χ4n) is 2.33. The van der Waals surface area contributed by atoms with Gasteiger partial charge in [-0.05, 0) is 48.5 Å². The summed E-state index contributed by atoms with van der Waals surface area (Å²) in [5, 5.41) is 5.66. The zero-order valence-corrected chi connectivity index (χ0v) is 17.8. The average molecular weight is 461 g/mol. The van der Waals surface area contributed by atoms with Crippen LogP contribution in [0.4, 0.5) is 11.4 Å². The van der Waals surface area contributed by atoms with E-state index in [1.54, 1.807) is 24.3 Å². The second kappa shape index (κ2) is 12.1. The van der Waals surface area contributed by atoms with Crippen LogP contribution in [0.25, 0.3) is 0 Å². The highest BCUT2D eigenvalue weighted by Gasteiger charge is 2.12. The Balaban J connectivity index is 1.64. The lowest BCUT2D eigenvalue weighted by molar-refractivity contribution is -0.149. The van der Waals surface area contributed by atoms with Crippen LogP contribution in [0.15, 0.2) is 48.5 Å².